The Morgan fingerprint density at radius 1 is 1.00 bits per heavy atom. The molecule has 24 heavy (non-hydrogen) atoms. The van der Waals surface area contributed by atoms with Gasteiger partial charge < -0.3 is 4.42 Å². The van der Waals surface area contributed by atoms with Crippen molar-refractivity contribution >= 4 is 11.9 Å². The van der Waals surface area contributed by atoms with E-state index in [-0.39, 0.29) is 18.3 Å². The smallest absolute Gasteiger partial charge is 0.322 e. The molecule has 0 fully saturated rings. The van der Waals surface area contributed by atoms with Crippen LogP contribution in [0.15, 0.2) is 52.9 Å². The van der Waals surface area contributed by atoms with Crippen LogP contribution in [-0.4, -0.2) is 16.1 Å². The van der Waals surface area contributed by atoms with E-state index < -0.39 is 0 Å². The van der Waals surface area contributed by atoms with Crippen molar-refractivity contribution in [3.8, 4) is 0 Å². The molecule has 5 nitrogen and oxygen atoms in total. The molecule has 1 aromatic heterocycles. The third kappa shape index (κ3) is 4.29. The van der Waals surface area contributed by atoms with Crippen LogP contribution in [-0.2, 0) is 17.6 Å². The summed E-state index contributed by atoms with van der Waals surface area (Å²) in [7, 11) is 0. The Hall–Kier alpha value is -2.95. The van der Waals surface area contributed by atoms with Crippen LogP contribution in [0.2, 0.25) is 0 Å². The molecule has 3 aromatic rings. The quantitative estimate of drug-likeness (QED) is 0.781. The number of aryl methyl sites for hydroxylation is 2. The van der Waals surface area contributed by atoms with Gasteiger partial charge in [0.15, 0.2) is 0 Å². The van der Waals surface area contributed by atoms with Gasteiger partial charge in [0.05, 0.1) is 12.8 Å². The molecule has 5 heteroatoms. The highest BCUT2D eigenvalue weighted by Gasteiger charge is 2.11. The lowest BCUT2D eigenvalue weighted by molar-refractivity contribution is -0.115. The predicted octanol–water partition coefficient (Wildman–Crippen LogP) is 3.46. The lowest BCUT2D eigenvalue weighted by Crippen LogP contribution is -2.14. The summed E-state index contributed by atoms with van der Waals surface area (Å²) in [4.78, 5) is 12.1. The van der Waals surface area contributed by atoms with E-state index in [0.29, 0.717) is 12.3 Å². The van der Waals surface area contributed by atoms with Crippen LogP contribution in [0.4, 0.5) is 6.01 Å². The molecule has 0 saturated heterocycles. The number of carbonyl (C=O) groups excluding carboxylic acids is 1. The maximum absolute atomic E-state index is 12.1. The minimum Gasteiger partial charge on any atom is -0.407 e. The van der Waals surface area contributed by atoms with Gasteiger partial charge in [-0.25, -0.2) is 0 Å². The number of hydrogen-bond donors (Lipinski definition) is 1. The first-order valence-corrected chi connectivity index (χ1v) is 7.82. The maximum atomic E-state index is 12.1. The van der Waals surface area contributed by atoms with Crippen LogP contribution in [0.3, 0.4) is 0 Å². The van der Waals surface area contributed by atoms with E-state index in [1.54, 1.807) is 0 Å². The molecule has 0 atom stereocenters. The zero-order chi connectivity index (χ0) is 16.9. The van der Waals surface area contributed by atoms with E-state index in [1.165, 1.54) is 5.56 Å². The molecule has 0 unspecified atom stereocenters. The first kappa shape index (κ1) is 15.9. The summed E-state index contributed by atoms with van der Waals surface area (Å²) >= 11 is 0. The third-order valence-electron chi connectivity index (χ3n) is 3.64. The number of rotatable bonds is 5. The number of anilines is 1. The molecule has 1 amide bonds. The molecule has 1 N–H and O–H groups in total. The molecule has 0 spiro atoms. The van der Waals surface area contributed by atoms with E-state index in [0.717, 1.165) is 16.7 Å². The second-order valence-corrected chi connectivity index (χ2v) is 5.88. The average molecular weight is 321 g/mol. The Morgan fingerprint density at radius 3 is 2.54 bits per heavy atom. The van der Waals surface area contributed by atoms with Gasteiger partial charge in [0.2, 0.25) is 11.8 Å². The van der Waals surface area contributed by atoms with Crippen molar-refractivity contribution < 1.29 is 9.21 Å². The monoisotopic (exact) mass is 321 g/mol. The van der Waals surface area contributed by atoms with Crippen molar-refractivity contribution in [3.63, 3.8) is 0 Å². The Kier molecular flexibility index (Phi) is 4.70. The van der Waals surface area contributed by atoms with Crippen LogP contribution in [0.5, 0.6) is 0 Å². The Labute approximate surface area is 140 Å². The van der Waals surface area contributed by atoms with Gasteiger partial charge in [0.25, 0.3) is 0 Å². The number of carbonyl (C=O) groups is 1. The Bertz CT molecular complexity index is 838. The minimum absolute atomic E-state index is 0.134. The van der Waals surface area contributed by atoms with Crippen LogP contribution in [0.1, 0.15) is 28.1 Å². The first-order valence-electron chi connectivity index (χ1n) is 7.82. The molecular weight excluding hydrogens is 302 g/mol. The van der Waals surface area contributed by atoms with Crippen LogP contribution in [0.25, 0.3) is 0 Å². The van der Waals surface area contributed by atoms with Gasteiger partial charge in [-0.1, -0.05) is 64.8 Å². The summed E-state index contributed by atoms with van der Waals surface area (Å²) in [6.45, 7) is 4.04. The average Bonchev–Trinajstić information content (AvgIpc) is 2.96. The van der Waals surface area contributed by atoms with E-state index in [9.17, 15) is 4.79 Å². The van der Waals surface area contributed by atoms with Crippen molar-refractivity contribution in [1.29, 1.82) is 0 Å². The molecule has 0 aliphatic rings. The standard InChI is InChI=1S/C19H19N3O2/c1-13-6-8-15(9-7-13)12-18-21-22-19(24-18)20-17(23)11-16-5-3-4-14(2)10-16/h3-10H,11-12H2,1-2H3,(H,20,22,23). The van der Waals surface area contributed by atoms with Crippen molar-refractivity contribution in [1.82, 2.24) is 10.2 Å². The van der Waals surface area contributed by atoms with E-state index >= 15 is 0 Å². The molecule has 0 bridgehead atoms. The lowest BCUT2D eigenvalue weighted by atomic mass is 10.1. The van der Waals surface area contributed by atoms with Gasteiger partial charge in [-0.05, 0) is 25.0 Å². The van der Waals surface area contributed by atoms with Crippen molar-refractivity contribution in [2.75, 3.05) is 5.32 Å². The third-order valence-corrected chi connectivity index (χ3v) is 3.64. The summed E-state index contributed by atoms with van der Waals surface area (Å²) in [5.41, 5.74) is 4.36. The highest BCUT2D eigenvalue weighted by Crippen LogP contribution is 2.13. The normalized spacial score (nSPS) is 10.6. The van der Waals surface area contributed by atoms with Gasteiger partial charge in [-0.3, -0.25) is 10.1 Å². The topological polar surface area (TPSA) is 68.0 Å². The highest BCUT2D eigenvalue weighted by molar-refractivity contribution is 5.90. The fraction of sp³-hybridized carbons (Fsp3) is 0.211. The van der Waals surface area contributed by atoms with Gasteiger partial charge in [0.1, 0.15) is 0 Å². The Morgan fingerprint density at radius 2 is 1.79 bits per heavy atom. The summed E-state index contributed by atoms with van der Waals surface area (Å²) in [6, 6.07) is 16.1. The molecule has 0 aliphatic carbocycles. The number of nitrogens with zero attached hydrogens (tertiary/aromatic N) is 2. The molecular formula is C19H19N3O2. The first-order chi connectivity index (χ1) is 11.6. The molecule has 3 rings (SSSR count). The van der Waals surface area contributed by atoms with Gasteiger partial charge >= 0.3 is 6.01 Å². The molecule has 0 saturated carbocycles. The lowest BCUT2D eigenvalue weighted by Gasteiger charge is -2.02. The summed E-state index contributed by atoms with van der Waals surface area (Å²) in [5.74, 6) is 0.302. The molecule has 2 aromatic carbocycles. The molecule has 122 valence electrons. The van der Waals surface area contributed by atoms with Crippen LogP contribution >= 0.6 is 0 Å². The summed E-state index contributed by atoms with van der Waals surface area (Å²) < 4.78 is 5.50. The fourth-order valence-corrected chi connectivity index (χ4v) is 2.43. The maximum Gasteiger partial charge on any atom is 0.322 e. The van der Waals surface area contributed by atoms with Gasteiger partial charge in [-0.15, -0.1) is 5.10 Å². The number of nitrogens with one attached hydrogen (secondary N) is 1. The second kappa shape index (κ2) is 7.08. The molecule has 0 aliphatic heterocycles. The summed E-state index contributed by atoms with van der Waals surface area (Å²) in [6.07, 6.45) is 0.818. The zero-order valence-electron chi connectivity index (χ0n) is 13.7. The molecule has 1 heterocycles. The van der Waals surface area contributed by atoms with E-state index in [2.05, 4.69) is 15.5 Å². The van der Waals surface area contributed by atoms with Gasteiger partial charge in [-0.2, -0.15) is 0 Å². The summed E-state index contributed by atoms with van der Waals surface area (Å²) in [5, 5.41) is 10.5. The van der Waals surface area contributed by atoms with Crippen molar-refractivity contribution in [2.45, 2.75) is 26.7 Å². The second-order valence-electron chi connectivity index (χ2n) is 5.88. The number of benzene rings is 2. The minimum atomic E-state index is -0.175. The van der Waals surface area contributed by atoms with E-state index in [4.69, 9.17) is 4.42 Å². The Balaban J connectivity index is 1.59. The highest BCUT2D eigenvalue weighted by atomic mass is 16.4. The number of hydrogen-bond acceptors (Lipinski definition) is 4. The van der Waals surface area contributed by atoms with Crippen molar-refractivity contribution in [2.24, 2.45) is 0 Å². The zero-order valence-corrected chi connectivity index (χ0v) is 13.7. The largest absolute Gasteiger partial charge is 0.407 e. The van der Waals surface area contributed by atoms with E-state index in [1.807, 2.05) is 62.4 Å². The molecule has 0 radical (unpaired) electrons. The SMILES string of the molecule is Cc1ccc(Cc2nnc(NC(=O)Cc3cccc(C)c3)o2)cc1. The fourth-order valence-electron chi connectivity index (χ4n) is 2.43. The van der Waals surface area contributed by atoms with Crippen LogP contribution in [0, 0.1) is 13.8 Å². The van der Waals surface area contributed by atoms with Crippen molar-refractivity contribution in [3.05, 3.63) is 76.7 Å². The van der Waals surface area contributed by atoms with Gasteiger partial charge in [0, 0.05) is 0 Å². The predicted molar refractivity (Wildman–Crippen MR) is 91.8 cm³/mol. The number of amides is 1. The van der Waals surface area contributed by atoms with Crippen LogP contribution < -0.4 is 5.32 Å². The number of aromatic nitrogens is 2.